The Labute approximate surface area is 118 Å². The number of ether oxygens (including phenoxy) is 4. The quantitative estimate of drug-likeness (QED) is 0.837. The first-order valence-corrected chi connectivity index (χ1v) is 6.31. The summed E-state index contributed by atoms with van der Waals surface area (Å²) in [5.74, 6) is 1.28. The van der Waals surface area contributed by atoms with E-state index in [4.69, 9.17) is 18.9 Å². The minimum Gasteiger partial charge on any atom is -0.493 e. The van der Waals surface area contributed by atoms with Crippen LogP contribution in [-0.2, 0) is 4.74 Å². The number of hydrogen-bond donors (Lipinski definition) is 0. The van der Waals surface area contributed by atoms with Crippen LogP contribution in [0.5, 0.6) is 17.2 Å². The number of hydrogen-bond acceptors (Lipinski definition) is 5. The van der Waals surface area contributed by atoms with E-state index >= 15 is 0 Å². The monoisotopic (exact) mass is 281 g/mol. The molecule has 20 heavy (non-hydrogen) atoms. The molecule has 0 aromatic heterocycles. The fraction of sp³-hybridized carbons (Fsp3) is 0.500. The second-order valence-electron chi connectivity index (χ2n) is 4.55. The predicted molar refractivity (Wildman–Crippen MR) is 72.5 cm³/mol. The number of rotatable bonds is 4. The van der Waals surface area contributed by atoms with Crippen molar-refractivity contribution in [1.82, 2.24) is 4.90 Å². The molecule has 0 aliphatic carbocycles. The lowest BCUT2D eigenvalue weighted by Gasteiger charge is -2.17. The van der Waals surface area contributed by atoms with Gasteiger partial charge < -0.3 is 23.8 Å². The van der Waals surface area contributed by atoms with Crippen LogP contribution in [0.4, 0.5) is 0 Å². The van der Waals surface area contributed by atoms with E-state index in [2.05, 4.69) is 0 Å². The SMILES string of the molecule is COc1cc(C(=O)N2COC(C)C2)cc(OC)c1OC. The summed E-state index contributed by atoms with van der Waals surface area (Å²) < 4.78 is 21.1. The molecule has 1 amide bonds. The van der Waals surface area contributed by atoms with Gasteiger partial charge in [0.25, 0.3) is 5.91 Å². The molecule has 1 aromatic rings. The van der Waals surface area contributed by atoms with E-state index in [-0.39, 0.29) is 12.0 Å². The van der Waals surface area contributed by atoms with Gasteiger partial charge in [0.2, 0.25) is 5.75 Å². The summed E-state index contributed by atoms with van der Waals surface area (Å²) in [5.41, 5.74) is 0.484. The van der Waals surface area contributed by atoms with Crippen LogP contribution >= 0.6 is 0 Å². The van der Waals surface area contributed by atoms with Crippen LogP contribution in [0.1, 0.15) is 17.3 Å². The van der Waals surface area contributed by atoms with Gasteiger partial charge >= 0.3 is 0 Å². The second-order valence-corrected chi connectivity index (χ2v) is 4.55. The van der Waals surface area contributed by atoms with E-state index in [1.165, 1.54) is 21.3 Å². The first-order chi connectivity index (χ1) is 9.60. The van der Waals surface area contributed by atoms with Crippen molar-refractivity contribution in [2.75, 3.05) is 34.6 Å². The lowest BCUT2D eigenvalue weighted by atomic mass is 10.1. The average Bonchev–Trinajstić information content (AvgIpc) is 2.91. The van der Waals surface area contributed by atoms with Gasteiger partial charge in [0, 0.05) is 12.1 Å². The molecular formula is C14H19NO5. The van der Waals surface area contributed by atoms with E-state index in [0.29, 0.717) is 36.1 Å². The average molecular weight is 281 g/mol. The minimum atomic E-state index is -0.117. The summed E-state index contributed by atoms with van der Waals surface area (Å²) in [7, 11) is 4.57. The van der Waals surface area contributed by atoms with Crippen molar-refractivity contribution in [2.45, 2.75) is 13.0 Å². The zero-order valence-electron chi connectivity index (χ0n) is 12.1. The van der Waals surface area contributed by atoms with Crippen molar-refractivity contribution < 1.29 is 23.7 Å². The van der Waals surface area contributed by atoms with Gasteiger partial charge in [-0.25, -0.2) is 0 Å². The van der Waals surface area contributed by atoms with Gasteiger partial charge in [0.1, 0.15) is 6.73 Å². The lowest BCUT2D eigenvalue weighted by molar-refractivity contribution is 0.0650. The van der Waals surface area contributed by atoms with Crippen LogP contribution in [0.2, 0.25) is 0 Å². The molecule has 1 unspecified atom stereocenters. The summed E-state index contributed by atoms with van der Waals surface area (Å²) >= 11 is 0. The fourth-order valence-electron chi connectivity index (χ4n) is 2.16. The molecule has 1 aromatic carbocycles. The van der Waals surface area contributed by atoms with Crippen molar-refractivity contribution in [3.8, 4) is 17.2 Å². The molecule has 6 heteroatoms. The third-order valence-electron chi connectivity index (χ3n) is 3.19. The Morgan fingerprint density at radius 2 is 1.80 bits per heavy atom. The summed E-state index contributed by atoms with van der Waals surface area (Å²) in [6.07, 6.45) is 0.0565. The zero-order valence-corrected chi connectivity index (χ0v) is 12.1. The van der Waals surface area contributed by atoms with Crippen LogP contribution in [-0.4, -0.2) is 51.5 Å². The van der Waals surface area contributed by atoms with E-state index in [9.17, 15) is 4.79 Å². The van der Waals surface area contributed by atoms with Gasteiger partial charge in [0.15, 0.2) is 11.5 Å². The molecule has 0 spiro atoms. The van der Waals surface area contributed by atoms with E-state index < -0.39 is 0 Å². The second kappa shape index (κ2) is 6.00. The Morgan fingerprint density at radius 3 is 2.20 bits per heavy atom. The third-order valence-corrected chi connectivity index (χ3v) is 3.19. The molecule has 6 nitrogen and oxygen atoms in total. The standard InChI is InChI=1S/C14H19NO5/c1-9-7-15(8-20-9)14(16)10-5-11(17-2)13(19-4)12(6-10)18-3/h5-6,9H,7-8H2,1-4H3. The molecule has 2 rings (SSSR count). The Balaban J connectivity index is 2.34. The Kier molecular flexibility index (Phi) is 4.34. The van der Waals surface area contributed by atoms with Crippen molar-refractivity contribution in [3.63, 3.8) is 0 Å². The summed E-state index contributed by atoms with van der Waals surface area (Å²) in [6, 6.07) is 3.29. The van der Waals surface area contributed by atoms with Crippen LogP contribution in [0.3, 0.4) is 0 Å². The maximum atomic E-state index is 12.4. The third kappa shape index (κ3) is 2.65. The number of nitrogens with zero attached hydrogens (tertiary/aromatic N) is 1. The first kappa shape index (κ1) is 14.5. The molecule has 1 atom stereocenters. The van der Waals surface area contributed by atoms with Crippen molar-refractivity contribution in [1.29, 1.82) is 0 Å². The van der Waals surface area contributed by atoms with Gasteiger partial charge in [0.05, 0.1) is 27.4 Å². The maximum absolute atomic E-state index is 12.4. The van der Waals surface area contributed by atoms with Crippen molar-refractivity contribution in [3.05, 3.63) is 17.7 Å². The van der Waals surface area contributed by atoms with E-state index in [1.54, 1.807) is 17.0 Å². The van der Waals surface area contributed by atoms with Crippen molar-refractivity contribution in [2.24, 2.45) is 0 Å². The Bertz CT molecular complexity index is 477. The molecule has 1 fully saturated rings. The van der Waals surface area contributed by atoms with Crippen LogP contribution < -0.4 is 14.2 Å². The van der Waals surface area contributed by atoms with Crippen LogP contribution in [0.25, 0.3) is 0 Å². The molecule has 0 bridgehead atoms. The van der Waals surface area contributed by atoms with Gasteiger partial charge in [-0.15, -0.1) is 0 Å². The number of methoxy groups -OCH3 is 3. The van der Waals surface area contributed by atoms with Crippen molar-refractivity contribution >= 4 is 5.91 Å². The fourth-order valence-corrected chi connectivity index (χ4v) is 2.16. The molecular weight excluding hydrogens is 262 g/mol. The molecule has 1 heterocycles. The summed E-state index contributed by atoms with van der Waals surface area (Å²) in [4.78, 5) is 14.1. The highest BCUT2D eigenvalue weighted by Crippen LogP contribution is 2.38. The first-order valence-electron chi connectivity index (χ1n) is 6.31. The Morgan fingerprint density at radius 1 is 1.20 bits per heavy atom. The normalized spacial score (nSPS) is 18.0. The number of carbonyl (C=O) groups is 1. The number of carbonyl (C=O) groups excluding carboxylic acids is 1. The minimum absolute atomic E-state index is 0.0565. The van der Waals surface area contributed by atoms with Crippen LogP contribution in [0, 0.1) is 0 Å². The zero-order chi connectivity index (χ0) is 14.7. The molecule has 0 saturated carbocycles. The highest BCUT2D eigenvalue weighted by Gasteiger charge is 2.26. The van der Waals surface area contributed by atoms with E-state index in [0.717, 1.165) is 0 Å². The molecule has 1 aliphatic rings. The predicted octanol–water partition coefficient (Wildman–Crippen LogP) is 1.53. The van der Waals surface area contributed by atoms with Gasteiger partial charge in [-0.1, -0.05) is 0 Å². The summed E-state index contributed by atoms with van der Waals surface area (Å²) in [5, 5.41) is 0. The highest BCUT2D eigenvalue weighted by molar-refractivity contribution is 5.95. The van der Waals surface area contributed by atoms with Gasteiger partial charge in [-0.3, -0.25) is 4.79 Å². The molecule has 1 aliphatic heterocycles. The molecule has 1 saturated heterocycles. The van der Waals surface area contributed by atoms with Gasteiger partial charge in [-0.2, -0.15) is 0 Å². The maximum Gasteiger partial charge on any atom is 0.256 e. The molecule has 110 valence electrons. The van der Waals surface area contributed by atoms with Crippen LogP contribution in [0.15, 0.2) is 12.1 Å². The summed E-state index contributed by atoms with van der Waals surface area (Å²) in [6.45, 7) is 2.81. The largest absolute Gasteiger partial charge is 0.493 e. The molecule has 0 N–H and O–H groups in total. The Hall–Kier alpha value is -1.95. The lowest BCUT2D eigenvalue weighted by Crippen LogP contribution is -2.29. The number of benzene rings is 1. The smallest absolute Gasteiger partial charge is 0.256 e. The topological polar surface area (TPSA) is 57.2 Å². The molecule has 0 radical (unpaired) electrons. The highest BCUT2D eigenvalue weighted by atomic mass is 16.5. The number of amides is 1. The van der Waals surface area contributed by atoms with Gasteiger partial charge in [-0.05, 0) is 19.1 Å². The van der Waals surface area contributed by atoms with E-state index in [1.807, 2.05) is 6.92 Å².